The van der Waals surface area contributed by atoms with Crippen LogP contribution in [0.15, 0.2) is 91.0 Å². The van der Waals surface area contributed by atoms with Crippen molar-refractivity contribution in [1.29, 1.82) is 0 Å². The van der Waals surface area contributed by atoms with Gasteiger partial charge in [-0.3, -0.25) is 14.4 Å². The molecule has 39 heavy (non-hydrogen) atoms. The van der Waals surface area contributed by atoms with Crippen molar-refractivity contribution in [2.24, 2.45) is 5.92 Å². The molecule has 0 heterocycles. The number of carbonyl (C=O) groups excluding carboxylic acids is 3. The van der Waals surface area contributed by atoms with Crippen LogP contribution in [0.3, 0.4) is 0 Å². The van der Waals surface area contributed by atoms with Crippen LogP contribution in [0.2, 0.25) is 0 Å². The van der Waals surface area contributed by atoms with Crippen LogP contribution in [0.5, 0.6) is 0 Å². The van der Waals surface area contributed by atoms with Gasteiger partial charge in [0.15, 0.2) is 0 Å². The first-order valence-corrected chi connectivity index (χ1v) is 12.8. The number of esters is 2. The molecule has 3 aromatic carbocycles. The smallest absolute Gasteiger partial charge is 0.327 e. The zero-order valence-electron chi connectivity index (χ0n) is 22.0. The molecule has 3 rings (SSSR count). The third kappa shape index (κ3) is 7.10. The van der Waals surface area contributed by atoms with Crippen LogP contribution < -0.4 is 5.32 Å². The molecule has 2 N–H and O–H groups in total. The molecular formula is C31H33NO7. The fourth-order valence-corrected chi connectivity index (χ4v) is 4.76. The van der Waals surface area contributed by atoms with E-state index in [4.69, 9.17) is 9.47 Å². The number of hydrogen-bond donors (Lipinski definition) is 2. The van der Waals surface area contributed by atoms with Crippen LogP contribution >= 0.6 is 0 Å². The van der Waals surface area contributed by atoms with Gasteiger partial charge in [-0.1, -0.05) is 91.0 Å². The molecule has 0 radical (unpaired) electrons. The van der Waals surface area contributed by atoms with Crippen molar-refractivity contribution in [2.45, 2.75) is 38.1 Å². The third-order valence-electron chi connectivity index (χ3n) is 6.49. The Morgan fingerprint density at radius 3 is 1.56 bits per heavy atom. The number of amides is 1. The zero-order valence-corrected chi connectivity index (χ0v) is 22.0. The topological polar surface area (TPSA) is 119 Å². The molecular weight excluding hydrogens is 498 g/mol. The fourth-order valence-electron chi connectivity index (χ4n) is 4.76. The van der Waals surface area contributed by atoms with Gasteiger partial charge in [-0.2, -0.15) is 0 Å². The van der Waals surface area contributed by atoms with Crippen LogP contribution in [0.4, 0.5) is 0 Å². The molecule has 3 aromatic rings. The third-order valence-corrected chi connectivity index (χ3v) is 6.49. The van der Waals surface area contributed by atoms with E-state index < -0.39 is 47.6 Å². The predicted octanol–water partition coefficient (Wildman–Crippen LogP) is 4.11. The molecule has 0 aliphatic heterocycles. The average molecular weight is 532 g/mol. The SMILES string of the molecule is CCOC(=O)C[C@H](C(=O)OCC)[C@H](NC(=O)CC(c1ccccc1)(c1ccccc1)c1ccccc1)C(=O)O. The molecule has 204 valence electrons. The van der Waals surface area contributed by atoms with E-state index in [0.29, 0.717) is 0 Å². The van der Waals surface area contributed by atoms with Crippen LogP contribution in [-0.4, -0.2) is 48.2 Å². The van der Waals surface area contributed by atoms with Crippen molar-refractivity contribution in [2.75, 3.05) is 13.2 Å². The first-order valence-electron chi connectivity index (χ1n) is 12.8. The van der Waals surface area contributed by atoms with Crippen LogP contribution in [-0.2, 0) is 34.1 Å². The highest BCUT2D eigenvalue weighted by Gasteiger charge is 2.42. The summed E-state index contributed by atoms with van der Waals surface area (Å²) in [4.78, 5) is 51.0. The van der Waals surface area contributed by atoms with Gasteiger partial charge in [0.1, 0.15) is 6.04 Å². The van der Waals surface area contributed by atoms with Crippen LogP contribution in [0, 0.1) is 5.92 Å². The number of benzene rings is 3. The van der Waals surface area contributed by atoms with Gasteiger partial charge in [-0.05, 0) is 30.5 Å². The largest absolute Gasteiger partial charge is 0.480 e. The Morgan fingerprint density at radius 1 is 0.744 bits per heavy atom. The summed E-state index contributed by atoms with van der Waals surface area (Å²) < 4.78 is 9.98. The second-order valence-electron chi connectivity index (χ2n) is 8.93. The lowest BCUT2D eigenvalue weighted by Crippen LogP contribution is -2.51. The molecule has 8 nitrogen and oxygen atoms in total. The van der Waals surface area contributed by atoms with Gasteiger partial charge in [-0.25, -0.2) is 4.79 Å². The lowest BCUT2D eigenvalue weighted by molar-refractivity contribution is -0.160. The Kier molecular flexibility index (Phi) is 10.4. The van der Waals surface area contributed by atoms with Gasteiger partial charge in [-0.15, -0.1) is 0 Å². The molecule has 0 aliphatic carbocycles. The Labute approximate surface area is 228 Å². The zero-order chi connectivity index (χ0) is 28.3. The van der Waals surface area contributed by atoms with Crippen molar-refractivity contribution >= 4 is 23.8 Å². The maximum Gasteiger partial charge on any atom is 0.327 e. The molecule has 0 unspecified atom stereocenters. The standard InChI is InChI=1S/C31H33NO7/c1-3-38-27(34)20-25(30(37)39-4-2)28(29(35)36)32-26(33)21-31(22-14-8-5-9-15-22,23-16-10-6-11-17-23)24-18-12-7-13-19-24/h5-19,25,28H,3-4,20-21H2,1-2H3,(H,32,33)(H,35,36)/t25-,28-/m0/s1. The highest BCUT2D eigenvalue weighted by atomic mass is 16.5. The van der Waals surface area contributed by atoms with E-state index in [1.165, 1.54) is 0 Å². The van der Waals surface area contributed by atoms with E-state index in [1.54, 1.807) is 13.8 Å². The molecule has 0 fully saturated rings. The Bertz CT molecular complexity index is 1150. The first-order chi connectivity index (χ1) is 18.8. The summed E-state index contributed by atoms with van der Waals surface area (Å²) in [5.41, 5.74) is 1.52. The van der Waals surface area contributed by atoms with E-state index >= 15 is 0 Å². The lowest BCUT2D eigenvalue weighted by atomic mass is 9.67. The molecule has 0 aromatic heterocycles. The van der Waals surface area contributed by atoms with Gasteiger partial charge in [0.25, 0.3) is 0 Å². The Balaban J connectivity index is 2.06. The number of rotatable bonds is 13. The molecule has 0 saturated carbocycles. The quantitative estimate of drug-likeness (QED) is 0.252. The summed E-state index contributed by atoms with van der Waals surface area (Å²) in [6, 6.07) is 26.7. The summed E-state index contributed by atoms with van der Waals surface area (Å²) in [6.45, 7) is 3.22. The fraction of sp³-hybridized carbons (Fsp3) is 0.290. The van der Waals surface area contributed by atoms with Gasteiger partial charge in [0.2, 0.25) is 5.91 Å². The number of nitrogens with one attached hydrogen (secondary N) is 1. The number of carbonyl (C=O) groups is 4. The normalized spacial score (nSPS) is 12.6. The molecule has 0 bridgehead atoms. The van der Waals surface area contributed by atoms with Gasteiger partial charge < -0.3 is 19.9 Å². The molecule has 0 aliphatic rings. The molecule has 0 spiro atoms. The minimum Gasteiger partial charge on any atom is -0.480 e. The average Bonchev–Trinajstić information content (AvgIpc) is 2.95. The summed E-state index contributed by atoms with van der Waals surface area (Å²) >= 11 is 0. The maximum absolute atomic E-state index is 13.7. The summed E-state index contributed by atoms with van der Waals surface area (Å²) in [5.74, 6) is -5.21. The number of ether oxygens (including phenoxy) is 2. The van der Waals surface area contributed by atoms with Gasteiger partial charge in [0, 0.05) is 6.42 Å². The van der Waals surface area contributed by atoms with E-state index in [1.807, 2.05) is 91.0 Å². The number of carboxylic acid groups (broad SMARTS) is 1. The summed E-state index contributed by atoms with van der Waals surface area (Å²) in [6.07, 6.45) is -0.713. The monoisotopic (exact) mass is 531 g/mol. The van der Waals surface area contributed by atoms with E-state index in [9.17, 15) is 24.3 Å². The highest BCUT2D eigenvalue weighted by molar-refractivity contribution is 5.91. The van der Waals surface area contributed by atoms with Gasteiger partial charge in [0.05, 0.1) is 31.0 Å². The number of hydrogen-bond acceptors (Lipinski definition) is 6. The lowest BCUT2D eigenvalue weighted by Gasteiger charge is -2.36. The second-order valence-corrected chi connectivity index (χ2v) is 8.93. The van der Waals surface area contributed by atoms with Crippen LogP contribution in [0.1, 0.15) is 43.4 Å². The van der Waals surface area contributed by atoms with Crippen molar-refractivity contribution in [1.82, 2.24) is 5.32 Å². The van der Waals surface area contributed by atoms with Crippen molar-refractivity contribution in [3.63, 3.8) is 0 Å². The summed E-state index contributed by atoms with van der Waals surface area (Å²) in [5, 5.41) is 12.5. The minimum atomic E-state index is -1.71. The molecule has 1 amide bonds. The predicted molar refractivity (Wildman–Crippen MR) is 145 cm³/mol. The maximum atomic E-state index is 13.7. The van der Waals surface area contributed by atoms with E-state index in [-0.39, 0.29) is 19.6 Å². The van der Waals surface area contributed by atoms with E-state index in [0.717, 1.165) is 16.7 Å². The Morgan fingerprint density at radius 2 is 1.18 bits per heavy atom. The first kappa shape index (κ1) is 29.1. The minimum absolute atomic E-state index is 0.0163. The molecule has 2 atom stereocenters. The summed E-state index contributed by atoms with van der Waals surface area (Å²) in [7, 11) is 0. The van der Waals surface area contributed by atoms with E-state index in [2.05, 4.69) is 5.32 Å². The highest BCUT2D eigenvalue weighted by Crippen LogP contribution is 2.42. The second kappa shape index (κ2) is 13.9. The van der Waals surface area contributed by atoms with Gasteiger partial charge >= 0.3 is 17.9 Å². The Hall–Kier alpha value is -4.46. The number of carboxylic acids is 1. The van der Waals surface area contributed by atoms with Crippen molar-refractivity contribution < 1.29 is 33.8 Å². The van der Waals surface area contributed by atoms with Crippen molar-refractivity contribution in [3.8, 4) is 0 Å². The number of aliphatic carboxylic acids is 1. The molecule has 0 saturated heterocycles. The molecule has 8 heteroatoms. The van der Waals surface area contributed by atoms with Crippen molar-refractivity contribution in [3.05, 3.63) is 108 Å². The van der Waals surface area contributed by atoms with Crippen LogP contribution in [0.25, 0.3) is 0 Å².